The summed E-state index contributed by atoms with van der Waals surface area (Å²) < 4.78 is 1.77. The molecule has 0 aliphatic rings. The summed E-state index contributed by atoms with van der Waals surface area (Å²) in [5, 5.41) is 9.25. The number of fused-ring (bicyclic) bond motifs is 1. The van der Waals surface area contributed by atoms with Crippen molar-refractivity contribution in [3.05, 3.63) is 48.3 Å². The van der Waals surface area contributed by atoms with Gasteiger partial charge >= 0.3 is 0 Å². The van der Waals surface area contributed by atoms with Crippen molar-refractivity contribution in [1.82, 2.24) is 14.4 Å². The van der Waals surface area contributed by atoms with E-state index in [9.17, 15) is 5.26 Å². The predicted molar refractivity (Wildman–Crippen MR) is 67.6 cm³/mol. The van der Waals surface area contributed by atoms with Gasteiger partial charge in [0.1, 0.15) is 17.5 Å². The smallest absolute Gasteiger partial charge is 0.236 e. The molecule has 86 valence electrons. The van der Waals surface area contributed by atoms with Crippen molar-refractivity contribution >= 4 is 11.6 Å². The van der Waals surface area contributed by atoms with Crippen LogP contribution in [-0.4, -0.2) is 14.4 Å². The molecule has 0 amide bonds. The molecule has 3 aromatic rings. The highest BCUT2D eigenvalue weighted by atomic mass is 15.1. The molecule has 0 saturated heterocycles. The number of nitriles is 1. The van der Waals surface area contributed by atoms with Gasteiger partial charge in [-0.15, -0.1) is 0 Å². The fourth-order valence-electron chi connectivity index (χ4n) is 1.95. The fraction of sp³-hybridized carbons (Fsp3) is 0. The van der Waals surface area contributed by atoms with Crippen LogP contribution in [0.1, 0.15) is 5.56 Å². The number of rotatable bonds is 1. The van der Waals surface area contributed by atoms with E-state index in [1.807, 2.05) is 30.3 Å². The van der Waals surface area contributed by atoms with Crippen LogP contribution in [0.15, 0.2) is 42.7 Å². The molecular weight excluding hydrogens is 226 g/mol. The number of anilines is 1. The molecule has 0 spiro atoms. The van der Waals surface area contributed by atoms with E-state index in [0.717, 1.165) is 11.3 Å². The van der Waals surface area contributed by atoms with E-state index in [1.54, 1.807) is 16.8 Å². The Hall–Kier alpha value is -2.87. The molecular formula is C13H9N5. The minimum atomic E-state index is 0.204. The maximum Gasteiger partial charge on any atom is 0.236 e. The number of benzene rings is 1. The van der Waals surface area contributed by atoms with Crippen LogP contribution in [0.4, 0.5) is 5.82 Å². The minimum Gasteiger partial charge on any atom is -0.382 e. The van der Waals surface area contributed by atoms with Crippen molar-refractivity contribution < 1.29 is 0 Å². The summed E-state index contributed by atoms with van der Waals surface area (Å²) in [5.74, 6) is 0.695. The summed E-state index contributed by atoms with van der Waals surface area (Å²) in [6.07, 6.45) is 3.40. The van der Waals surface area contributed by atoms with E-state index < -0.39 is 0 Å². The first-order valence-corrected chi connectivity index (χ1v) is 5.39. The zero-order valence-electron chi connectivity index (χ0n) is 9.41. The minimum absolute atomic E-state index is 0.204. The van der Waals surface area contributed by atoms with E-state index in [4.69, 9.17) is 5.73 Å². The van der Waals surface area contributed by atoms with E-state index in [-0.39, 0.29) is 5.82 Å². The highest BCUT2D eigenvalue weighted by Gasteiger charge is 2.14. The average molecular weight is 235 g/mol. The zero-order valence-corrected chi connectivity index (χ0v) is 9.41. The Labute approximate surface area is 103 Å². The number of imidazole rings is 1. The molecule has 0 atom stereocenters. The van der Waals surface area contributed by atoms with Crippen LogP contribution < -0.4 is 5.73 Å². The van der Waals surface area contributed by atoms with E-state index >= 15 is 0 Å². The second-order valence-corrected chi connectivity index (χ2v) is 3.80. The third-order valence-electron chi connectivity index (χ3n) is 2.73. The second kappa shape index (κ2) is 3.86. The van der Waals surface area contributed by atoms with Crippen LogP contribution in [0.2, 0.25) is 0 Å². The van der Waals surface area contributed by atoms with Gasteiger partial charge in [0.25, 0.3) is 0 Å². The molecule has 1 aromatic carbocycles. The molecule has 3 rings (SSSR count). The Morgan fingerprint density at radius 3 is 2.72 bits per heavy atom. The normalized spacial score (nSPS) is 10.4. The SMILES string of the molecule is N#Cc1c(N)nc2nccn2c1-c1ccccc1. The van der Waals surface area contributed by atoms with Gasteiger partial charge in [0.15, 0.2) is 0 Å². The summed E-state index contributed by atoms with van der Waals surface area (Å²) >= 11 is 0. The van der Waals surface area contributed by atoms with Crippen LogP contribution >= 0.6 is 0 Å². The molecule has 0 aliphatic heterocycles. The Morgan fingerprint density at radius 1 is 1.22 bits per heavy atom. The van der Waals surface area contributed by atoms with Gasteiger partial charge in [-0.25, -0.2) is 4.98 Å². The third-order valence-corrected chi connectivity index (χ3v) is 2.73. The van der Waals surface area contributed by atoms with E-state index in [0.29, 0.717) is 11.3 Å². The molecule has 0 bridgehead atoms. The lowest BCUT2D eigenvalue weighted by atomic mass is 10.1. The largest absolute Gasteiger partial charge is 0.382 e. The molecule has 2 aromatic heterocycles. The third kappa shape index (κ3) is 1.40. The van der Waals surface area contributed by atoms with Crippen LogP contribution in [0, 0.1) is 11.3 Å². The highest BCUT2D eigenvalue weighted by Crippen LogP contribution is 2.26. The number of hydrogen-bond acceptors (Lipinski definition) is 4. The van der Waals surface area contributed by atoms with Gasteiger partial charge in [-0.3, -0.25) is 4.40 Å². The van der Waals surface area contributed by atoms with Gasteiger partial charge in [0.05, 0.1) is 5.69 Å². The van der Waals surface area contributed by atoms with Gasteiger partial charge in [0.2, 0.25) is 5.78 Å². The fourth-order valence-corrected chi connectivity index (χ4v) is 1.95. The van der Waals surface area contributed by atoms with Gasteiger partial charge in [-0.1, -0.05) is 30.3 Å². The van der Waals surface area contributed by atoms with Crippen molar-refractivity contribution in [3.63, 3.8) is 0 Å². The van der Waals surface area contributed by atoms with Crippen molar-refractivity contribution in [1.29, 1.82) is 5.26 Å². The van der Waals surface area contributed by atoms with Crippen LogP contribution in [0.25, 0.3) is 17.0 Å². The molecule has 2 N–H and O–H groups in total. The number of nitrogens with zero attached hydrogens (tertiary/aromatic N) is 4. The molecule has 0 saturated carbocycles. The lowest BCUT2D eigenvalue weighted by molar-refractivity contribution is 1.11. The van der Waals surface area contributed by atoms with Crippen molar-refractivity contribution in [3.8, 4) is 17.3 Å². The first kappa shape index (κ1) is 10.3. The Kier molecular flexibility index (Phi) is 2.21. The summed E-state index contributed by atoms with van der Waals surface area (Å²) in [6, 6.07) is 11.7. The molecule has 2 heterocycles. The van der Waals surface area contributed by atoms with Crippen LogP contribution in [-0.2, 0) is 0 Å². The van der Waals surface area contributed by atoms with E-state index in [2.05, 4.69) is 16.0 Å². The maximum atomic E-state index is 9.25. The van der Waals surface area contributed by atoms with Gasteiger partial charge in [-0.05, 0) is 0 Å². The zero-order chi connectivity index (χ0) is 12.5. The Balaban J connectivity index is 2.46. The maximum absolute atomic E-state index is 9.25. The van der Waals surface area contributed by atoms with Crippen molar-refractivity contribution in [2.75, 3.05) is 5.73 Å². The summed E-state index contributed by atoms with van der Waals surface area (Å²) in [6.45, 7) is 0. The first-order chi connectivity index (χ1) is 8.81. The summed E-state index contributed by atoms with van der Waals surface area (Å²) in [4.78, 5) is 8.20. The summed E-state index contributed by atoms with van der Waals surface area (Å²) in [7, 11) is 0. The molecule has 0 fully saturated rings. The number of hydrogen-bond donors (Lipinski definition) is 1. The number of aromatic nitrogens is 3. The first-order valence-electron chi connectivity index (χ1n) is 5.39. The van der Waals surface area contributed by atoms with Crippen molar-refractivity contribution in [2.24, 2.45) is 0 Å². The van der Waals surface area contributed by atoms with Gasteiger partial charge in [0, 0.05) is 18.0 Å². The quantitative estimate of drug-likeness (QED) is 0.698. The van der Waals surface area contributed by atoms with Crippen LogP contribution in [0.5, 0.6) is 0 Å². The molecule has 0 radical (unpaired) electrons. The summed E-state index contributed by atoms with van der Waals surface area (Å²) in [5.41, 5.74) is 7.80. The predicted octanol–water partition coefficient (Wildman–Crippen LogP) is 1.85. The second-order valence-electron chi connectivity index (χ2n) is 3.80. The molecule has 5 nitrogen and oxygen atoms in total. The standard InChI is InChI=1S/C13H9N5/c14-8-10-11(9-4-2-1-3-5-9)18-7-6-16-13(18)17-12(10)15/h1-7H,(H2,15,16,17). The molecule has 0 aliphatic carbocycles. The highest BCUT2D eigenvalue weighted by molar-refractivity contribution is 5.74. The number of nitrogen functional groups attached to an aromatic ring is 1. The van der Waals surface area contributed by atoms with Crippen molar-refractivity contribution in [2.45, 2.75) is 0 Å². The molecule has 18 heavy (non-hydrogen) atoms. The van der Waals surface area contributed by atoms with Crippen LogP contribution in [0.3, 0.4) is 0 Å². The molecule has 5 heteroatoms. The average Bonchev–Trinajstić information content (AvgIpc) is 2.85. The van der Waals surface area contributed by atoms with E-state index in [1.165, 1.54) is 0 Å². The van der Waals surface area contributed by atoms with Gasteiger partial charge in [-0.2, -0.15) is 10.2 Å². The lowest BCUT2D eigenvalue weighted by Gasteiger charge is -2.09. The number of nitrogens with two attached hydrogens (primary N) is 1. The lowest BCUT2D eigenvalue weighted by Crippen LogP contribution is -2.04. The monoisotopic (exact) mass is 235 g/mol. The van der Waals surface area contributed by atoms with Gasteiger partial charge < -0.3 is 5.73 Å². The molecule has 0 unspecified atom stereocenters. The Bertz CT molecular complexity index is 752. The topological polar surface area (TPSA) is 80.0 Å². The Morgan fingerprint density at radius 2 is 2.00 bits per heavy atom.